The molecule has 0 saturated carbocycles. The molecule has 2 fully saturated rings. The van der Waals surface area contributed by atoms with Gasteiger partial charge in [0, 0.05) is 19.1 Å². The van der Waals surface area contributed by atoms with Crippen molar-refractivity contribution in [3.05, 3.63) is 35.4 Å². The van der Waals surface area contributed by atoms with Gasteiger partial charge in [-0.05, 0) is 37.1 Å². The van der Waals surface area contributed by atoms with Gasteiger partial charge in [0.1, 0.15) is 0 Å². The average molecular weight is 274 g/mol. The predicted octanol–water partition coefficient (Wildman–Crippen LogP) is 1.10. The van der Waals surface area contributed by atoms with Crippen molar-refractivity contribution in [1.82, 2.24) is 10.2 Å². The Morgan fingerprint density at radius 2 is 2.10 bits per heavy atom. The highest BCUT2D eigenvalue weighted by Crippen LogP contribution is 2.28. The third-order valence-corrected chi connectivity index (χ3v) is 4.30. The summed E-state index contributed by atoms with van der Waals surface area (Å²) in [6, 6.07) is 7.28. The third-order valence-electron chi connectivity index (χ3n) is 4.30. The van der Waals surface area contributed by atoms with E-state index in [0.29, 0.717) is 5.56 Å². The van der Waals surface area contributed by atoms with Crippen molar-refractivity contribution in [2.24, 2.45) is 5.92 Å². The zero-order valence-electron chi connectivity index (χ0n) is 11.2. The summed E-state index contributed by atoms with van der Waals surface area (Å²) in [6.07, 6.45) is 2.02. The lowest BCUT2D eigenvalue weighted by atomic mass is 9.91. The van der Waals surface area contributed by atoms with Crippen LogP contribution in [0.25, 0.3) is 0 Å². The van der Waals surface area contributed by atoms with Crippen molar-refractivity contribution in [3.63, 3.8) is 0 Å². The number of piperidine rings is 1. The summed E-state index contributed by atoms with van der Waals surface area (Å²) in [7, 11) is 0. The lowest BCUT2D eigenvalue weighted by Crippen LogP contribution is -2.44. The van der Waals surface area contributed by atoms with Crippen molar-refractivity contribution in [2.75, 3.05) is 13.1 Å². The summed E-state index contributed by atoms with van der Waals surface area (Å²) in [5.41, 5.74) is 1.40. The molecule has 5 heteroatoms. The molecular weight excluding hydrogens is 256 g/mol. The highest BCUT2D eigenvalue weighted by Gasteiger charge is 2.40. The highest BCUT2D eigenvalue weighted by atomic mass is 16.4. The van der Waals surface area contributed by atoms with Crippen LogP contribution >= 0.6 is 0 Å². The van der Waals surface area contributed by atoms with Gasteiger partial charge in [-0.15, -0.1) is 0 Å². The fraction of sp³-hybridized carbons (Fsp3) is 0.467. The Hall–Kier alpha value is -1.88. The summed E-state index contributed by atoms with van der Waals surface area (Å²) >= 11 is 0. The number of carboxylic acid groups (broad SMARTS) is 1. The van der Waals surface area contributed by atoms with E-state index in [1.54, 1.807) is 12.1 Å². The first kappa shape index (κ1) is 13.1. The molecule has 0 bridgehead atoms. The summed E-state index contributed by atoms with van der Waals surface area (Å²) in [6.45, 7) is 2.50. The maximum atomic E-state index is 11.7. The van der Waals surface area contributed by atoms with Gasteiger partial charge < -0.3 is 10.4 Å². The normalized spacial score (nSPS) is 26.1. The van der Waals surface area contributed by atoms with Crippen LogP contribution in [-0.4, -0.2) is 41.0 Å². The maximum Gasteiger partial charge on any atom is 0.335 e. The molecule has 5 nitrogen and oxygen atoms in total. The number of benzene rings is 1. The SMILES string of the molecule is O=C(O)c1ccc(CN2CCCC3C(=O)NCC32)cc1. The van der Waals surface area contributed by atoms with Crippen molar-refractivity contribution in [2.45, 2.75) is 25.4 Å². The average Bonchev–Trinajstić information content (AvgIpc) is 2.82. The quantitative estimate of drug-likeness (QED) is 0.866. The van der Waals surface area contributed by atoms with Crippen molar-refractivity contribution >= 4 is 11.9 Å². The fourth-order valence-electron chi connectivity index (χ4n) is 3.22. The minimum Gasteiger partial charge on any atom is -0.478 e. The van der Waals surface area contributed by atoms with Crippen molar-refractivity contribution in [3.8, 4) is 0 Å². The molecule has 2 heterocycles. The molecule has 0 radical (unpaired) electrons. The van der Waals surface area contributed by atoms with Crippen molar-refractivity contribution < 1.29 is 14.7 Å². The van der Waals surface area contributed by atoms with Crippen LogP contribution in [-0.2, 0) is 11.3 Å². The van der Waals surface area contributed by atoms with Crippen LogP contribution in [0, 0.1) is 5.92 Å². The first-order chi connectivity index (χ1) is 9.65. The summed E-state index contributed by atoms with van der Waals surface area (Å²) in [4.78, 5) is 24.9. The van der Waals surface area contributed by atoms with E-state index < -0.39 is 5.97 Å². The molecule has 2 atom stereocenters. The lowest BCUT2D eigenvalue weighted by molar-refractivity contribution is -0.124. The van der Waals surface area contributed by atoms with Gasteiger partial charge in [0.15, 0.2) is 0 Å². The standard InChI is InChI=1S/C15H18N2O3/c18-14-12-2-1-7-17(13(12)8-16-14)9-10-3-5-11(6-4-10)15(19)20/h3-6,12-13H,1-2,7-9H2,(H,16,18)(H,19,20). The monoisotopic (exact) mass is 274 g/mol. The smallest absolute Gasteiger partial charge is 0.335 e. The minimum atomic E-state index is -0.903. The number of carbonyl (C=O) groups is 2. The Kier molecular flexibility index (Phi) is 3.44. The molecule has 2 saturated heterocycles. The van der Waals surface area contributed by atoms with E-state index in [1.807, 2.05) is 12.1 Å². The van der Waals surface area contributed by atoms with Crippen LogP contribution in [0.5, 0.6) is 0 Å². The molecule has 106 valence electrons. The zero-order chi connectivity index (χ0) is 14.1. The maximum absolute atomic E-state index is 11.7. The van der Waals surface area contributed by atoms with E-state index in [2.05, 4.69) is 10.2 Å². The van der Waals surface area contributed by atoms with Gasteiger partial charge in [0.25, 0.3) is 0 Å². The number of rotatable bonds is 3. The molecule has 3 rings (SSSR count). The first-order valence-electron chi connectivity index (χ1n) is 6.99. The lowest BCUT2D eigenvalue weighted by Gasteiger charge is -2.35. The Labute approximate surface area is 117 Å². The second-order valence-corrected chi connectivity index (χ2v) is 5.53. The predicted molar refractivity (Wildman–Crippen MR) is 73.3 cm³/mol. The van der Waals surface area contributed by atoms with Crippen LogP contribution in [0.1, 0.15) is 28.8 Å². The second kappa shape index (κ2) is 5.25. The van der Waals surface area contributed by atoms with Gasteiger partial charge in [-0.25, -0.2) is 4.79 Å². The Morgan fingerprint density at radius 1 is 1.35 bits per heavy atom. The van der Waals surface area contributed by atoms with E-state index in [1.165, 1.54) is 0 Å². The van der Waals surface area contributed by atoms with Crippen LogP contribution < -0.4 is 5.32 Å². The number of hydrogen-bond donors (Lipinski definition) is 2. The number of hydrogen-bond acceptors (Lipinski definition) is 3. The molecule has 0 spiro atoms. The minimum absolute atomic E-state index is 0.127. The van der Waals surface area contributed by atoms with E-state index in [4.69, 9.17) is 5.11 Å². The van der Waals surface area contributed by atoms with Gasteiger partial charge in [-0.2, -0.15) is 0 Å². The second-order valence-electron chi connectivity index (χ2n) is 5.53. The number of aromatic carboxylic acids is 1. The molecule has 2 unspecified atom stereocenters. The highest BCUT2D eigenvalue weighted by molar-refractivity contribution is 5.87. The summed E-state index contributed by atoms with van der Waals surface area (Å²) in [5.74, 6) is -0.594. The Bertz CT molecular complexity index is 526. The van der Waals surface area contributed by atoms with Crippen molar-refractivity contribution in [1.29, 1.82) is 0 Å². The zero-order valence-corrected chi connectivity index (χ0v) is 11.2. The number of amides is 1. The molecular formula is C15H18N2O3. The van der Waals surface area contributed by atoms with E-state index in [-0.39, 0.29) is 17.9 Å². The van der Waals surface area contributed by atoms with Gasteiger partial charge in [0.05, 0.1) is 11.5 Å². The number of nitrogens with one attached hydrogen (secondary N) is 1. The third kappa shape index (κ3) is 2.41. The van der Waals surface area contributed by atoms with Crippen LogP contribution in [0.15, 0.2) is 24.3 Å². The van der Waals surface area contributed by atoms with Crippen LogP contribution in [0.4, 0.5) is 0 Å². The van der Waals surface area contributed by atoms with E-state index in [9.17, 15) is 9.59 Å². The molecule has 1 amide bonds. The molecule has 1 aromatic carbocycles. The number of fused-ring (bicyclic) bond motifs is 1. The fourth-order valence-corrected chi connectivity index (χ4v) is 3.22. The number of likely N-dealkylation sites (tertiary alicyclic amines) is 1. The van der Waals surface area contributed by atoms with E-state index in [0.717, 1.165) is 38.0 Å². The van der Waals surface area contributed by atoms with Gasteiger partial charge in [-0.3, -0.25) is 9.69 Å². The number of carboxylic acids is 1. The molecule has 1 aromatic rings. The number of carbonyl (C=O) groups excluding carboxylic acids is 1. The molecule has 20 heavy (non-hydrogen) atoms. The molecule has 2 N–H and O–H groups in total. The van der Waals surface area contributed by atoms with Gasteiger partial charge >= 0.3 is 5.97 Å². The van der Waals surface area contributed by atoms with E-state index >= 15 is 0 Å². The first-order valence-corrected chi connectivity index (χ1v) is 6.99. The molecule has 0 aliphatic carbocycles. The molecule has 2 aliphatic rings. The topological polar surface area (TPSA) is 69.6 Å². The van der Waals surface area contributed by atoms with Crippen LogP contribution in [0.3, 0.4) is 0 Å². The molecule has 0 aromatic heterocycles. The molecule has 2 aliphatic heterocycles. The number of nitrogens with zero attached hydrogens (tertiary/aromatic N) is 1. The summed E-state index contributed by atoms with van der Waals surface area (Å²) < 4.78 is 0. The Balaban J connectivity index is 1.70. The summed E-state index contributed by atoms with van der Waals surface area (Å²) in [5, 5.41) is 11.8. The van der Waals surface area contributed by atoms with Crippen LogP contribution in [0.2, 0.25) is 0 Å². The van der Waals surface area contributed by atoms with Gasteiger partial charge in [-0.1, -0.05) is 12.1 Å². The Morgan fingerprint density at radius 3 is 2.80 bits per heavy atom. The largest absolute Gasteiger partial charge is 0.478 e. The van der Waals surface area contributed by atoms with Gasteiger partial charge in [0.2, 0.25) is 5.91 Å².